The number of methoxy groups -OCH3 is 1. The number of carbonyl (C=O) groups is 1. The van der Waals surface area contributed by atoms with E-state index in [-0.39, 0.29) is 37.0 Å². The van der Waals surface area contributed by atoms with Crippen LogP contribution in [0.15, 0.2) is 0 Å². The summed E-state index contributed by atoms with van der Waals surface area (Å²) in [5.74, 6) is 0.0238. The standard InChI is InChI=1S/C50H100NO21.C5H11O2.U/c1-3-5-10-51-50(52)9-13-56-18-21-60-26-29-64-34-37-67-39-41-69-43-45-71-47-49-72-48-46-70-44-42-68-40-38-66-36-33-63-28-25-59-20-17-55-12-8-6-7-11-54-16-19-58-24-27-62-32-35-65-31-30-61-23-22-57-15-14-53-4-2;1-3-7-5-4-6-2;/h2-49H2,1H3,(H,51,52);1,3-5H2,2H3;/q2*-1;+2. The molecule has 0 heterocycles. The molecule has 0 rings (SSSR count). The molecule has 80 heavy (non-hydrogen) atoms. The van der Waals surface area contributed by atoms with Gasteiger partial charge in [-0.05, 0) is 25.7 Å². The summed E-state index contributed by atoms with van der Waals surface area (Å²) in [6, 6.07) is 0. The van der Waals surface area contributed by atoms with Gasteiger partial charge in [0, 0.05) is 33.3 Å². The van der Waals surface area contributed by atoms with E-state index in [1.54, 1.807) is 7.11 Å². The van der Waals surface area contributed by atoms with Crippen molar-refractivity contribution in [3.8, 4) is 0 Å². The Morgan fingerprint density at radius 2 is 0.475 bits per heavy atom. The zero-order valence-electron chi connectivity index (χ0n) is 49.7. The van der Waals surface area contributed by atoms with Gasteiger partial charge in [0.1, 0.15) is 0 Å². The van der Waals surface area contributed by atoms with Crippen LogP contribution in [0.25, 0.3) is 0 Å². The monoisotopic (exact) mass is 1390 g/mol. The molecule has 24 nitrogen and oxygen atoms in total. The number of carbonyl (C=O) groups excluding carboxylic acids is 1. The molecule has 0 aromatic rings. The third-order valence-corrected chi connectivity index (χ3v) is 9.82. The fourth-order valence-electron chi connectivity index (χ4n) is 5.65. The Balaban J connectivity index is -0.00000690. The van der Waals surface area contributed by atoms with Gasteiger partial charge in [0.2, 0.25) is 5.91 Å². The van der Waals surface area contributed by atoms with E-state index in [1.807, 2.05) is 0 Å². The van der Waals surface area contributed by atoms with Crippen LogP contribution in [0.2, 0.25) is 0 Å². The summed E-state index contributed by atoms with van der Waals surface area (Å²) < 4.78 is 119. The molecular formula is C55H111NO23U. The van der Waals surface area contributed by atoms with Crippen LogP contribution in [-0.2, 0) is 109 Å². The summed E-state index contributed by atoms with van der Waals surface area (Å²) >= 11 is 0. The molecule has 1 amide bonds. The van der Waals surface area contributed by atoms with Crippen molar-refractivity contribution in [1.29, 1.82) is 0 Å². The normalized spacial score (nSPS) is 11.3. The first-order chi connectivity index (χ1) is 39.2. The quantitative estimate of drug-likeness (QED) is 0.0681. The summed E-state index contributed by atoms with van der Waals surface area (Å²) in [4.78, 5) is 11.6. The summed E-state index contributed by atoms with van der Waals surface area (Å²) in [5, 5.41) is 2.86. The molecule has 0 saturated carbocycles. The zero-order chi connectivity index (χ0) is 57.2. The Labute approximate surface area is 506 Å². The summed E-state index contributed by atoms with van der Waals surface area (Å²) in [7, 11) is 1.65. The molecule has 0 spiro atoms. The Kier molecular flexibility index (Phi) is 86.8. The molecule has 0 aromatic heterocycles. The van der Waals surface area contributed by atoms with E-state index in [2.05, 4.69) is 26.1 Å². The number of rotatable bonds is 71. The molecule has 0 saturated heterocycles. The van der Waals surface area contributed by atoms with Gasteiger partial charge in [-0.15, -0.1) is 0 Å². The number of ether oxygens (including phenoxy) is 22. The molecule has 0 aromatic carbocycles. The first kappa shape index (κ1) is 83.9. The summed E-state index contributed by atoms with van der Waals surface area (Å²) in [6.07, 6.45) is 5.46. The van der Waals surface area contributed by atoms with Crippen molar-refractivity contribution >= 4 is 5.91 Å². The molecule has 1 N–H and O–H groups in total. The second kappa shape index (κ2) is 82.9. The Morgan fingerprint density at radius 3 is 0.688 bits per heavy atom. The predicted molar refractivity (Wildman–Crippen MR) is 296 cm³/mol. The van der Waals surface area contributed by atoms with Crippen molar-refractivity contribution in [2.45, 2.75) is 45.4 Å². The number of hydrogen-bond acceptors (Lipinski definition) is 23. The van der Waals surface area contributed by atoms with Crippen LogP contribution in [0.3, 0.4) is 0 Å². The van der Waals surface area contributed by atoms with Crippen LogP contribution < -0.4 is 5.32 Å². The molecule has 0 aliphatic carbocycles. The molecule has 478 valence electrons. The van der Waals surface area contributed by atoms with Crippen LogP contribution in [0.1, 0.15) is 45.4 Å². The third kappa shape index (κ3) is 84.1. The van der Waals surface area contributed by atoms with Crippen molar-refractivity contribution < 1.29 is 140 Å². The van der Waals surface area contributed by atoms with Gasteiger partial charge < -0.3 is 123 Å². The van der Waals surface area contributed by atoms with E-state index in [0.29, 0.717) is 291 Å². The Hall–Kier alpha value is -0.358. The van der Waals surface area contributed by atoms with E-state index < -0.39 is 0 Å². The largest absolute Gasteiger partial charge is 2.00 e. The SMILES string of the molecule is [CH2-]COCCOC.[CH2-]COCCOCCOCCOCCOCCOCCOCCCCCOCCOCCOCCOCCOCCOCCOCCOCCOCCOCCOCCOCCOCCC(=O)NCCCC.[U+2]. The Bertz CT molecular complexity index is 1070. The van der Waals surface area contributed by atoms with E-state index in [1.165, 1.54) is 0 Å². The number of hydrogen-bond donors (Lipinski definition) is 1. The fraction of sp³-hybridized carbons (Fsp3) is 0.945. The molecule has 0 radical (unpaired) electrons. The minimum Gasteiger partial charge on any atom is -0.411 e. The molecule has 25 heteroatoms. The fourth-order valence-corrected chi connectivity index (χ4v) is 5.65. The summed E-state index contributed by atoms with van der Waals surface area (Å²) in [6.45, 7) is 32.4. The molecule has 0 aliphatic heterocycles. The Morgan fingerprint density at radius 1 is 0.275 bits per heavy atom. The predicted octanol–water partition coefficient (Wildman–Crippen LogP) is 3.11. The molecule has 0 bridgehead atoms. The van der Waals surface area contributed by atoms with Gasteiger partial charge in [-0.2, -0.15) is 0 Å². The van der Waals surface area contributed by atoms with Gasteiger partial charge in [-0.25, -0.2) is 0 Å². The molecule has 0 atom stereocenters. The van der Waals surface area contributed by atoms with Gasteiger partial charge in [0.05, 0.1) is 258 Å². The van der Waals surface area contributed by atoms with Crippen molar-refractivity contribution in [2.24, 2.45) is 0 Å². The average Bonchev–Trinajstić information content (AvgIpc) is 3.45. The first-order valence-corrected chi connectivity index (χ1v) is 28.7. The van der Waals surface area contributed by atoms with Gasteiger partial charge in [-0.1, -0.05) is 26.6 Å². The van der Waals surface area contributed by atoms with Crippen LogP contribution in [0.5, 0.6) is 0 Å². The number of amides is 1. The maximum Gasteiger partial charge on any atom is 2.00 e. The third-order valence-electron chi connectivity index (χ3n) is 9.82. The molecule has 0 fully saturated rings. The minimum absolute atomic E-state index is 0. The van der Waals surface area contributed by atoms with Crippen molar-refractivity contribution in [3.63, 3.8) is 0 Å². The average molecular weight is 1390 g/mol. The van der Waals surface area contributed by atoms with Crippen LogP contribution in [0.4, 0.5) is 0 Å². The zero-order valence-corrected chi connectivity index (χ0v) is 53.8. The van der Waals surface area contributed by atoms with Crippen LogP contribution in [0, 0.1) is 45.0 Å². The van der Waals surface area contributed by atoms with Crippen LogP contribution >= 0.6 is 0 Å². The van der Waals surface area contributed by atoms with Crippen molar-refractivity contribution in [2.75, 3.05) is 298 Å². The summed E-state index contributed by atoms with van der Waals surface area (Å²) in [5.41, 5.74) is 0. The molecule has 0 unspecified atom stereocenters. The van der Waals surface area contributed by atoms with Gasteiger partial charge in [0.25, 0.3) is 0 Å². The topological polar surface area (TPSA) is 232 Å². The van der Waals surface area contributed by atoms with Crippen molar-refractivity contribution in [1.82, 2.24) is 5.32 Å². The smallest absolute Gasteiger partial charge is 0.411 e. The number of unbranched alkanes of at least 4 members (excludes halogenated alkanes) is 3. The van der Waals surface area contributed by atoms with E-state index >= 15 is 0 Å². The van der Waals surface area contributed by atoms with E-state index in [9.17, 15) is 4.79 Å². The second-order valence-corrected chi connectivity index (χ2v) is 16.4. The maximum absolute atomic E-state index is 11.6. The van der Waals surface area contributed by atoms with Gasteiger partial charge in [0.15, 0.2) is 0 Å². The van der Waals surface area contributed by atoms with Crippen molar-refractivity contribution in [3.05, 3.63) is 13.8 Å². The van der Waals surface area contributed by atoms with Gasteiger partial charge >= 0.3 is 31.1 Å². The van der Waals surface area contributed by atoms with E-state index in [4.69, 9.17) is 104 Å². The van der Waals surface area contributed by atoms with Gasteiger partial charge in [-0.3, -0.25) is 4.79 Å². The molecular weight excluding hydrogens is 1280 g/mol. The van der Waals surface area contributed by atoms with E-state index in [0.717, 1.165) is 38.6 Å². The first-order valence-electron chi connectivity index (χ1n) is 28.7. The van der Waals surface area contributed by atoms with Crippen LogP contribution in [-0.4, -0.2) is 304 Å². The second-order valence-electron chi connectivity index (χ2n) is 16.4. The number of nitrogens with one attached hydrogen (secondary N) is 1. The minimum atomic E-state index is 0. The molecule has 0 aliphatic rings. The maximum atomic E-state index is 11.6.